The van der Waals surface area contributed by atoms with E-state index in [9.17, 15) is 4.79 Å². The van der Waals surface area contributed by atoms with Gasteiger partial charge in [0.25, 0.3) is 0 Å². The van der Waals surface area contributed by atoms with Crippen molar-refractivity contribution in [1.82, 2.24) is 4.98 Å². The minimum atomic E-state index is -0.574. The highest BCUT2D eigenvalue weighted by atomic mass is 35.5. The van der Waals surface area contributed by atoms with Crippen LogP contribution in [0.25, 0.3) is 22.7 Å². The lowest BCUT2D eigenvalue weighted by molar-refractivity contribution is 0.324. The van der Waals surface area contributed by atoms with Crippen molar-refractivity contribution in [2.24, 2.45) is 0 Å². The zero-order valence-corrected chi connectivity index (χ0v) is 16.2. The summed E-state index contributed by atoms with van der Waals surface area (Å²) in [5.41, 5.74) is 0.831. The van der Waals surface area contributed by atoms with Gasteiger partial charge in [0.15, 0.2) is 11.5 Å². The summed E-state index contributed by atoms with van der Waals surface area (Å²) in [5, 5.41) is 0.784. The van der Waals surface area contributed by atoms with Crippen LogP contribution < -0.4 is 19.8 Å². The first kappa shape index (κ1) is 19.1. The van der Waals surface area contributed by atoms with Crippen molar-refractivity contribution >= 4 is 23.2 Å². The van der Waals surface area contributed by atoms with Gasteiger partial charge in [0.1, 0.15) is 0 Å². The van der Waals surface area contributed by atoms with E-state index in [0.29, 0.717) is 44.1 Å². The molecule has 0 bridgehead atoms. The van der Waals surface area contributed by atoms with Gasteiger partial charge >= 0.3 is 5.63 Å². The third-order valence-electron chi connectivity index (χ3n) is 3.80. The molecular formula is C19H15Cl2NO5. The van der Waals surface area contributed by atoms with E-state index in [1.54, 1.807) is 30.3 Å². The topological polar surface area (TPSA) is 70.8 Å². The molecule has 0 fully saturated rings. The molecule has 0 spiro atoms. The smallest absolute Gasteiger partial charge is 0.339 e. The predicted molar refractivity (Wildman–Crippen MR) is 103 cm³/mol. The lowest BCUT2D eigenvalue weighted by atomic mass is 10.1. The molecule has 6 nitrogen and oxygen atoms in total. The Labute approximate surface area is 165 Å². The molecular weight excluding hydrogens is 393 g/mol. The Kier molecular flexibility index (Phi) is 5.58. The first-order chi connectivity index (χ1) is 13.0. The van der Waals surface area contributed by atoms with E-state index < -0.39 is 5.63 Å². The predicted octanol–water partition coefficient (Wildman–Crippen LogP) is 4.70. The Hall–Kier alpha value is -2.70. The normalized spacial score (nSPS) is 10.6. The number of benzene rings is 2. The summed E-state index contributed by atoms with van der Waals surface area (Å²) in [5.74, 6) is 1.39. The second-order valence-electron chi connectivity index (χ2n) is 5.41. The molecule has 0 aliphatic carbocycles. The lowest BCUT2D eigenvalue weighted by Gasteiger charge is -2.14. The number of aromatic nitrogens is 1. The van der Waals surface area contributed by atoms with E-state index in [1.807, 2.05) is 0 Å². The summed E-state index contributed by atoms with van der Waals surface area (Å²) in [6.07, 6.45) is 0. The molecule has 140 valence electrons. The fourth-order valence-corrected chi connectivity index (χ4v) is 3.05. The SMILES string of the molecule is COc1cc(-c2cc(=O)oc(-c3ccc(Cl)cc3Cl)n2)cc(OC)c1OC. The molecule has 0 radical (unpaired) electrons. The molecule has 2 aromatic carbocycles. The summed E-state index contributed by atoms with van der Waals surface area (Å²) >= 11 is 12.1. The van der Waals surface area contributed by atoms with Crippen molar-refractivity contribution in [3.8, 4) is 40.0 Å². The summed E-state index contributed by atoms with van der Waals surface area (Å²) in [6.45, 7) is 0. The van der Waals surface area contributed by atoms with Gasteiger partial charge in [0, 0.05) is 10.6 Å². The van der Waals surface area contributed by atoms with Gasteiger partial charge in [0.05, 0.1) is 43.7 Å². The van der Waals surface area contributed by atoms with E-state index in [-0.39, 0.29) is 5.89 Å². The van der Waals surface area contributed by atoms with Gasteiger partial charge in [-0.25, -0.2) is 9.78 Å². The molecule has 3 aromatic rings. The molecule has 0 unspecified atom stereocenters. The third-order valence-corrected chi connectivity index (χ3v) is 4.34. The van der Waals surface area contributed by atoms with Gasteiger partial charge in [-0.15, -0.1) is 0 Å². The maximum absolute atomic E-state index is 12.1. The minimum Gasteiger partial charge on any atom is -0.493 e. The fraction of sp³-hybridized carbons (Fsp3) is 0.158. The molecule has 0 atom stereocenters. The zero-order valence-electron chi connectivity index (χ0n) is 14.7. The van der Waals surface area contributed by atoms with Crippen LogP contribution in [-0.2, 0) is 0 Å². The Bertz CT molecular complexity index is 1020. The van der Waals surface area contributed by atoms with E-state index in [4.69, 9.17) is 41.8 Å². The average molecular weight is 408 g/mol. The molecule has 0 N–H and O–H groups in total. The van der Waals surface area contributed by atoms with Gasteiger partial charge in [-0.05, 0) is 30.3 Å². The van der Waals surface area contributed by atoms with Gasteiger partial charge in [0.2, 0.25) is 11.6 Å². The number of ether oxygens (including phenoxy) is 3. The van der Waals surface area contributed by atoms with E-state index in [1.165, 1.54) is 27.4 Å². The van der Waals surface area contributed by atoms with Gasteiger partial charge in [-0.3, -0.25) is 0 Å². The van der Waals surface area contributed by atoms with Gasteiger partial charge in [-0.1, -0.05) is 23.2 Å². The van der Waals surface area contributed by atoms with Crippen molar-refractivity contribution in [1.29, 1.82) is 0 Å². The maximum Gasteiger partial charge on any atom is 0.339 e. The quantitative estimate of drug-likeness (QED) is 0.610. The molecule has 0 saturated heterocycles. The van der Waals surface area contributed by atoms with Crippen molar-refractivity contribution in [2.45, 2.75) is 0 Å². The number of hydrogen-bond acceptors (Lipinski definition) is 6. The van der Waals surface area contributed by atoms with Crippen molar-refractivity contribution in [3.05, 3.63) is 56.9 Å². The summed E-state index contributed by atoms with van der Waals surface area (Å²) in [4.78, 5) is 16.5. The summed E-state index contributed by atoms with van der Waals surface area (Å²) in [6, 6.07) is 9.47. The standard InChI is InChI=1S/C19H15Cl2NO5/c1-24-15-6-10(7-16(25-2)18(15)26-3)14-9-17(23)27-19(22-14)12-5-4-11(20)8-13(12)21/h4-9H,1-3H3. The van der Waals surface area contributed by atoms with Crippen LogP contribution >= 0.6 is 23.2 Å². The molecule has 0 saturated carbocycles. The Balaban J connectivity index is 2.19. The lowest BCUT2D eigenvalue weighted by Crippen LogP contribution is -2.03. The fourth-order valence-electron chi connectivity index (χ4n) is 2.56. The third kappa shape index (κ3) is 3.86. The largest absolute Gasteiger partial charge is 0.493 e. The minimum absolute atomic E-state index is 0.0768. The Morgan fingerprint density at radius 2 is 1.59 bits per heavy atom. The maximum atomic E-state index is 12.1. The molecule has 0 aliphatic rings. The number of halogens is 2. The highest BCUT2D eigenvalue weighted by Gasteiger charge is 2.17. The summed E-state index contributed by atoms with van der Waals surface area (Å²) in [7, 11) is 4.52. The van der Waals surface area contributed by atoms with Crippen LogP contribution in [0.4, 0.5) is 0 Å². The molecule has 8 heteroatoms. The molecule has 0 aliphatic heterocycles. The zero-order chi connectivity index (χ0) is 19.6. The Morgan fingerprint density at radius 3 is 2.15 bits per heavy atom. The second kappa shape index (κ2) is 7.90. The van der Waals surface area contributed by atoms with Crippen LogP contribution in [0.5, 0.6) is 17.2 Å². The van der Waals surface area contributed by atoms with Crippen LogP contribution in [0.3, 0.4) is 0 Å². The summed E-state index contributed by atoms with van der Waals surface area (Å²) < 4.78 is 21.2. The number of methoxy groups -OCH3 is 3. The molecule has 3 rings (SSSR count). The highest BCUT2D eigenvalue weighted by molar-refractivity contribution is 6.36. The van der Waals surface area contributed by atoms with Crippen molar-refractivity contribution in [3.63, 3.8) is 0 Å². The average Bonchev–Trinajstić information content (AvgIpc) is 2.66. The highest BCUT2D eigenvalue weighted by Crippen LogP contribution is 2.41. The van der Waals surface area contributed by atoms with Crippen LogP contribution in [0.15, 0.2) is 45.6 Å². The molecule has 0 amide bonds. The molecule has 27 heavy (non-hydrogen) atoms. The number of hydrogen-bond donors (Lipinski definition) is 0. The first-order valence-electron chi connectivity index (χ1n) is 7.74. The van der Waals surface area contributed by atoms with E-state index >= 15 is 0 Å². The first-order valence-corrected chi connectivity index (χ1v) is 8.50. The van der Waals surface area contributed by atoms with E-state index in [0.717, 1.165) is 0 Å². The van der Waals surface area contributed by atoms with Gasteiger partial charge in [-0.2, -0.15) is 0 Å². The van der Waals surface area contributed by atoms with Gasteiger partial charge < -0.3 is 18.6 Å². The van der Waals surface area contributed by atoms with Crippen molar-refractivity contribution < 1.29 is 18.6 Å². The van der Waals surface area contributed by atoms with Crippen LogP contribution in [0.2, 0.25) is 10.0 Å². The van der Waals surface area contributed by atoms with Crippen LogP contribution in [-0.4, -0.2) is 26.3 Å². The van der Waals surface area contributed by atoms with Crippen LogP contribution in [0, 0.1) is 0 Å². The second-order valence-corrected chi connectivity index (χ2v) is 6.25. The number of nitrogens with zero attached hydrogens (tertiary/aromatic N) is 1. The Morgan fingerprint density at radius 1 is 0.926 bits per heavy atom. The van der Waals surface area contributed by atoms with Crippen LogP contribution in [0.1, 0.15) is 0 Å². The molecule has 1 aromatic heterocycles. The number of rotatable bonds is 5. The molecule has 1 heterocycles. The van der Waals surface area contributed by atoms with Crippen molar-refractivity contribution in [2.75, 3.05) is 21.3 Å². The monoisotopic (exact) mass is 407 g/mol. The van der Waals surface area contributed by atoms with E-state index in [2.05, 4.69) is 4.98 Å².